The van der Waals surface area contributed by atoms with Crippen molar-refractivity contribution in [1.82, 2.24) is 14.8 Å². The molecule has 0 saturated heterocycles. The van der Waals surface area contributed by atoms with Gasteiger partial charge in [0.15, 0.2) is 10.6 Å². The summed E-state index contributed by atoms with van der Waals surface area (Å²) in [5.74, 6) is 0.806. The largest absolute Gasteiger partial charge is 0.329 e. The van der Waals surface area contributed by atoms with Crippen LogP contribution in [-0.2, 0) is 11.3 Å². The molecule has 5 nitrogen and oxygen atoms in total. The normalized spacial score (nSPS) is 10.4. The number of aromatic nitrogens is 3. The average molecular weight is 310 g/mol. The van der Waals surface area contributed by atoms with Crippen molar-refractivity contribution in [1.29, 1.82) is 0 Å². The minimum atomic E-state index is 0.578. The summed E-state index contributed by atoms with van der Waals surface area (Å²) in [6, 6.07) is 17.5. The number of rotatable bonds is 5. The van der Waals surface area contributed by atoms with Gasteiger partial charge in [0, 0.05) is 11.3 Å². The Hall–Kier alpha value is -2.73. The van der Waals surface area contributed by atoms with Crippen molar-refractivity contribution in [3.05, 3.63) is 64.9 Å². The first kappa shape index (κ1) is 14.2. The first-order valence-electron chi connectivity index (χ1n) is 6.77. The molecule has 1 aromatic heterocycles. The molecule has 2 aromatic carbocycles. The van der Waals surface area contributed by atoms with E-state index in [2.05, 4.69) is 15.5 Å². The van der Waals surface area contributed by atoms with Crippen molar-refractivity contribution in [3.63, 3.8) is 0 Å². The highest BCUT2D eigenvalue weighted by molar-refractivity contribution is 7.71. The summed E-state index contributed by atoms with van der Waals surface area (Å²) in [5, 5.41) is 9.78. The molecule has 22 heavy (non-hydrogen) atoms. The molecule has 3 aromatic rings. The molecule has 6 heteroatoms. The van der Waals surface area contributed by atoms with Gasteiger partial charge in [-0.15, -0.1) is 0 Å². The zero-order chi connectivity index (χ0) is 15.4. The van der Waals surface area contributed by atoms with Gasteiger partial charge in [0.2, 0.25) is 6.41 Å². The third-order valence-electron chi connectivity index (χ3n) is 3.31. The standard InChI is InChI=1S/C16H14N4OS/c21-11-17-14-8-6-12(7-9-14)10-20-15(18-19-16(20)22)13-4-2-1-3-5-13/h1-9,11H,10H2,(H,17,21)(H,19,22). The zero-order valence-electron chi connectivity index (χ0n) is 11.7. The number of nitrogens with one attached hydrogen (secondary N) is 2. The van der Waals surface area contributed by atoms with Gasteiger partial charge in [0.1, 0.15) is 0 Å². The Balaban J connectivity index is 1.91. The van der Waals surface area contributed by atoms with Gasteiger partial charge in [0.05, 0.1) is 6.54 Å². The highest BCUT2D eigenvalue weighted by Crippen LogP contribution is 2.18. The first-order valence-corrected chi connectivity index (χ1v) is 7.18. The van der Waals surface area contributed by atoms with Crippen LogP contribution in [0.3, 0.4) is 0 Å². The SMILES string of the molecule is O=CNc1ccc(Cn2c(-c3ccccc3)n[nH]c2=S)cc1. The van der Waals surface area contributed by atoms with Crippen LogP contribution >= 0.6 is 12.2 Å². The molecule has 3 rings (SSSR count). The smallest absolute Gasteiger partial charge is 0.211 e. The maximum atomic E-state index is 10.4. The second-order valence-corrected chi connectivity index (χ2v) is 5.15. The van der Waals surface area contributed by atoms with E-state index in [0.717, 1.165) is 22.6 Å². The van der Waals surface area contributed by atoms with Crippen LogP contribution in [0, 0.1) is 4.77 Å². The van der Waals surface area contributed by atoms with E-state index in [0.29, 0.717) is 17.7 Å². The predicted molar refractivity (Wildman–Crippen MR) is 88.1 cm³/mol. The van der Waals surface area contributed by atoms with Gasteiger partial charge in [-0.1, -0.05) is 42.5 Å². The minimum absolute atomic E-state index is 0.578. The van der Waals surface area contributed by atoms with E-state index in [1.54, 1.807) is 0 Å². The molecule has 0 atom stereocenters. The van der Waals surface area contributed by atoms with Crippen molar-refractivity contribution in [2.75, 3.05) is 5.32 Å². The molecule has 2 N–H and O–H groups in total. The molecule has 0 aliphatic heterocycles. The summed E-state index contributed by atoms with van der Waals surface area (Å²) < 4.78 is 2.53. The molecule has 0 fully saturated rings. The van der Waals surface area contributed by atoms with E-state index in [9.17, 15) is 4.79 Å². The summed E-state index contributed by atoms with van der Waals surface area (Å²) in [6.07, 6.45) is 0.661. The lowest BCUT2D eigenvalue weighted by atomic mass is 10.2. The van der Waals surface area contributed by atoms with Crippen LogP contribution in [0.2, 0.25) is 0 Å². The van der Waals surface area contributed by atoms with E-state index in [1.165, 1.54) is 0 Å². The van der Waals surface area contributed by atoms with E-state index < -0.39 is 0 Å². The quantitative estimate of drug-likeness (QED) is 0.562. The number of carbonyl (C=O) groups is 1. The number of anilines is 1. The molecular formula is C16H14N4OS. The van der Waals surface area contributed by atoms with Gasteiger partial charge < -0.3 is 5.32 Å². The van der Waals surface area contributed by atoms with Crippen LogP contribution in [0.25, 0.3) is 11.4 Å². The number of carbonyl (C=O) groups excluding carboxylic acids is 1. The van der Waals surface area contributed by atoms with Crippen molar-refractivity contribution in [2.45, 2.75) is 6.54 Å². The maximum absolute atomic E-state index is 10.4. The minimum Gasteiger partial charge on any atom is -0.329 e. The summed E-state index contributed by atoms with van der Waals surface area (Å²) in [5.41, 5.74) is 2.85. The Morgan fingerprint density at radius 1 is 1.14 bits per heavy atom. The number of amides is 1. The first-order chi connectivity index (χ1) is 10.8. The number of H-pyrrole nitrogens is 1. The van der Waals surface area contributed by atoms with Gasteiger partial charge in [-0.3, -0.25) is 14.5 Å². The number of benzene rings is 2. The highest BCUT2D eigenvalue weighted by atomic mass is 32.1. The Kier molecular flexibility index (Phi) is 4.11. The number of nitrogens with zero attached hydrogens (tertiary/aromatic N) is 2. The van der Waals surface area contributed by atoms with E-state index in [4.69, 9.17) is 12.2 Å². The van der Waals surface area contributed by atoms with Crippen molar-refractivity contribution < 1.29 is 4.79 Å². The molecule has 1 heterocycles. The van der Waals surface area contributed by atoms with Crippen LogP contribution in [0.1, 0.15) is 5.56 Å². The molecular weight excluding hydrogens is 296 g/mol. The zero-order valence-corrected chi connectivity index (χ0v) is 12.5. The fraction of sp³-hybridized carbons (Fsp3) is 0.0625. The summed E-state index contributed by atoms with van der Waals surface area (Å²) in [6.45, 7) is 0.612. The second-order valence-electron chi connectivity index (χ2n) is 4.76. The Labute approximate surface area is 132 Å². The monoisotopic (exact) mass is 310 g/mol. The number of aromatic amines is 1. The molecule has 0 saturated carbocycles. The number of hydrogen-bond acceptors (Lipinski definition) is 3. The molecule has 0 aliphatic rings. The van der Waals surface area contributed by atoms with E-state index in [-0.39, 0.29) is 0 Å². The second kappa shape index (κ2) is 6.36. The molecule has 110 valence electrons. The highest BCUT2D eigenvalue weighted by Gasteiger charge is 2.08. The van der Waals surface area contributed by atoms with Crippen LogP contribution in [0.5, 0.6) is 0 Å². The average Bonchev–Trinajstić information content (AvgIpc) is 2.91. The molecule has 0 bridgehead atoms. The third-order valence-corrected chi connectivity index (χ3v) is 3.62. The van der Waals surface area contributed by atoms with Crippen LogP contribution in [-0.4, -0.2) is 21.2 Å². The topological polar surface area (TPSA) is 62.7 Å². The molecule has 1 amide bonds. The van der Waals surface area contributed by atoms with Crippen LogP contribution in [0.15, 0.2) is 54.6 Å². The van der Waals surface area contributed by atoms with E-state index >= 15 is 0 Å². The van der Waals surface area contributed by atoms with Crippen molar-refractivity contribution >= 4 is 24.3 Å². The lowest BCUT2D eigenvalue weighted by molar-refractivity contribution is -0.105. The van der Waals surface area contributed by atoms with Gasteiger partial charge in [-0.2, -0.15) is 5.10 Å². The lowest BCUT2D eigenvalue weighted by Crippen LogP contribution is -2.03. The van der Waals surface area contributed by atoms with Crippen molar-refractivity contribution in [3.8, 4) is 11.4 Å². The fourth-order valence-electron chi connectivity index (χ4n) is 2.23. The summed E-state index contributed by atoms with van der Waals surface area (Å²) >= 11 is 5.33. The number of hydrogen-bond donors (Lipinski definition) is 2. The van der Waals surface area contributed by atoms with Gasteiger partial charge in [-0.25, -0.2) is 0 Å². The lowest BCUT2D eigenvalue weighted by Gasteiger charge is -2.08. The fourth-order valence-corrected chi connectivity index (χ4v) is 2.43. The molecule has 0 spiro atoms. The Bertz CT molecular complexity index is 821. The molecule has 0 unspecified atom stereocenters. The van der Waals surface area contributed by atoms with E-state index in [1.807, 2.05) is 59.2 Å². The van der Waals surface area contributed by atoms with Crippen LogP contribution in [0.4, 0.5) is 5.69 Å². The summed E-state index contributed by atoms with van der Waals surface area (Å²) in [7, 11) is 0. The molecule has 0 radical (unpaired) electrons. The summed E-state index contributed by atoms with van der Waals surface area (Å²) in [4.78, 5) is 10.4. The molecule has 0 aliphatic carbocycles. The maximum Gasteiger partial charge on any atom is 0.211 e. The van der Waals surface area contributed by atoms with Crippen LogP contribution < -0.4 is 5.32 Å². The van der Waals surface area contributed by atoms with Gasteiger partial charge >= 0.3 is 0 Å². The van der Waals surface area contributed by atoms with Crippen molar-refractivity contribution in [2.24, 2.45) is 0 Å². The predicted octanol–water partition coefficient (Wildman–Crippen LogP) is 3.22. The van der Waals surface area contributed by atoms with Gasteiger partial charge in [-0.05, 0) is 29.9 Å². The Morgan fingerprint density at radius 2 is 1.86 bits per heavy atom. The third kappa shape index (κ3) is 2.96. The Morgan fingerprint density at radius 3 is 2.55 bits per heavy atom. The van der Waals surface area contributed by atoms with Gasteiger partial charge in [0.25, 0.3) is 0 Å².